The predicted octanol–water partition coefficient (Wildman–Crippen LogP) is 3.44. The SMILES string of the molecule is Cc1nn(C)c(C)c1NC(=O)C(C)Sc1n[nH]c(/C=C/c2ccccc2)n1. The van der Waals surface area contributed by atoms with Crippen molar-refractivity contribution in [3.63, 3.8) is 0 Å². The number of H-pyrrole nitrogens is 1. The molecule has 1 aromatic carbocycles. The normalized spacial score (nSPS) is 12.4. The summed E-state index contributed by atoms with van der Waals surface area (Å²) in [6.45, 7) is 5.63. The van der Waals surface area contributed by atoms with Gasteiger partial charge in [0, 0.05) is 7.05 Å². The molecule has 2 heterocycles. The highest BCUT2D eigenvalue weighted by Gasteiger charge is 2.20. The Hall–Kier alpha value is -2.87. The molecule has 0 aliphatic carbocycles. The van der Waals surface area contributed by atoms with Crippen LogP contribution in [0.3, 0.4) is 0 Å². The molecule has 0 saturated heterocycles. The second kappa shape index (κ2) is 8.22. The van der Waals surface area contributed by atoms with E-state index >= 15 is 0 Å². The lowest BCUT2D eigenvalue weighted by Gasteiger charge is -2.10. The average Bonchev–Trinajstić information content (AvgIpc) is 3.20. The molecule has 1 atom stereocenters. The van der Waals surface area contributed by atoms with Gasteiger partial charge in [-0.25, -0.2) is 4.98 Å². The number of aryl methyl sites for hydroxylation is 2. The Labute approximate surface area is 162 Å². The fourth-order valence-corrected chi connectivity index (χ4v) is 3.25. The molecule has 0 saturated carbocycles. The highest BCUT2D eigenvalue weighted by molar-refractivity contribution is 8.00. The molecule has 0 bridgehead atoms. The van der Waals surface area contributed by atoms with Crippen molar-refractivity contribution in [2.75, 3.05) is 5.32 Å². The Balaban J connectivity index is 1.61. The Morgan fingerprint density at radius 1 is 1.26 bits per heavy atom. The number of carbonyl (C=O) groups is 1. The van der Waals surface area contributed by atoms with Crippen molar-refractivity contribution in [1.82, 2.24) is 25.0 Å². The molecule has 0 aliphatic rings. The number of benzene rings is 1. The standard InChI is InChI=1S/C19H22N6OS/c1-12-17(13(2)25(4)24-12)21-18(26)14(3)27-19-20-16(22-23-19)11-10-15-8-6-5-7-9-15/h5-11,14H,1-4H3,(H,21,26)(H,20,22,23)/b11-10+. The van der Waals surface area contributed by atoms with Gasteiger partial charge in [0.2, 0.25) is 11.1 Å². The number of anilines is 1. The number of rotatable bonds is 6. The molecule has 2 aromatic heterocycles. The van der Waals surface area contributed by atoms with Crippen LogP contribution < -0.4 is 5.32 Å². The third kappa shape index (κ3) is 4.65. The van der Waals surface area contributed by atoms with Crippen LogP contribution in [0.15, 0.2) is 35.5 Å². The molecular formula is C19H22N6OS. The molecule has 0 spiro atoms. The third-order valence-electron chi connectivity index (χ3n) is 4.12. The van der Waals surface area contributed by atoms with Gasteiger partial charge in [0.25, 0.3) is 0 Å². The fraction of sp³-hybridized carbons (Fsp3) is 0.263. The maximum Gasteiger partial charge on any atom is 0.237 e. The molecule has 3 aromatic rings. The first-order chi connectivity index (χ1) is 12.9. The topological polar surface area (TPSA) is 88.5 Å². The lowest BCUT2D eigenvalue weighted by atomic mass is 10.2. The smallest absolute Gasteiger partial charge is 0.237 e. The second-order valence-electron chi connectivity index (χ2n) is 6.17. The average molecular weight is 382 g/mol. The van der Waals surface area contributed by atoms with Gasteiger partial charge in [-0.15, -0.1) is 5.10 Å². The Bertz CT molecular complexity index is 960. The van der Waals surface area contributed by atoms with Crippen LogP contribution in [-0.4, -0.2) is 36.1 Å². The fourth-order valence-electron chi connectivity index (χ4n) is 2.52. The van der Waals surface area contributed by atoms with Crippen molar-refractivity contribution in [3.05, 3.63) is 53.1 Å². The van der Waals surface area contributed by atoms with Crippen LogP contribution in [0.1, 0.15) is 29.7 Å². The zero-order valence-corrected chi connectivity index (χ0v) is 16.5. The van der Waals surface area contributed by atoms with E-state index in [1.807, 2.05) is 70.3 Å². The van der Waals surface area contributed by atoms with Crippen LogP contribution in [0.25, 0.3) is 12.2 Å². The summed E-state index contributed by atoms with van der Waals surface area (Å²) < 4.78 is 1.75. The summed E-state index contributed by atoms with van der Waals surface area (Å²) in [4.78, 5) is 16.9. The van der Waals surface area contributed by atoms with E-state index in [-0.39, 0.29) is 11.2 Å². The van der Waals surface area contributed by atoms with Gasteiger partial charge in [-0.3, -0.25) is 14.6 Å². The minimum atomic E-state index is -0.342. The maximum atomic E-state index is 12.5. The summed E-state index contributed by atoms with van der Waals surface area (Å²) in [6, 6.07) is 9.96. The van der Waals surface area contributed by atoms with Gasteiger partial charge in [-0.2, -0.15) is 5.10 Å². The zero-order chi connectivity index (χ0) is 19.4. The Morgan fingerprint density at radius 2 is 2.00 bits per heavy atom. The van der Waals surface area contributed by atoms with Gasteiger partial charge in [0.15, 0.2) is 0 Å². The van der Waals surface area contributed by atoms with Crippen molar-refractivity contribution < 1.29 is 4.79 Å². The summed E-state index contributed by atoms with van der Waals surface area (Å²) >= 11 is 1.31. The van der Waals surface area contributed by atoms with Crippen molar-refractivity contribution in [3.8, 4) is 0 Å². The van der Waals surface area contributed by atoms with Crippen LogP contribution in [0.4, 0.5) is 5.69 Å². The minimum Gasteiger partial charge on any atom is -0.322 e. The molecular weight excluding hydrogens is 360 g/mol. The van der Waals surface area contributed by atoms with E-state index in [2.05, 4.69) is 25.6 Å². The summed E-state index contributed by atoms with van der Waals surface area (Å²) in [5.74, 6) is 0.540. The second-order valence-corrected chi connectivity index (χ2v) is 7.47. The first kappa shape index (κ1) is 18.9. The Kier molecular flexibility index (Phi) is 5.75. The summed E-state index contributed by atoms with van der Waals surface area (Å²) in [6.07, 6.45) is 3.82. The number of hydrogen-bond acceptors (Lipinski definition) is 5. The number of hydrogen-bond donors (Lipinski definition) is 2. The van der Waals surface area contributed by atoms with Crippen molar-refractivity contribution in [2.45, 2.75) is 31.2 Å². The predicted molar refractivity (Wildman–Crippen MR) is 108 cm³/mol. The molecule has 140 valence electrons. The minimum absolute atomic E-state index is 0.106. The van der Waals surface area contributed by atoms with Crippen LogP contribution >= 0.6 is 11.8 Å². The molecule has 2 N–H and O–H groups in total. The van der Waals surface area contributed by atoms with Gasteiger partial charge < -0.3 is 5.32 Å². The van der Waals surface area contributed by atoms with E-state index < -0.39 is 0 Å². The molecule has 0 radical (unpaired) electrons. The van der Waals surface area contributed by atoms with E-state index in [4.69, 9.17) is 0 Å². The third-order valence-corrected chi connectivity index (χ3v) is 5.09. The summed E-state index contributed by atoms with van der Waals surface area (Å²) in [7, 11) is 1.86. The van der Waals surface area contributed by atoms with E-state index in [9.17, 15) is 4.79 Å². The van der Waals surface area contributed by atoms with Gasteiger partial charge in [-0.1, -0.05) is 48.2 Å². The van der Waals surface area contributed by atoms with Crippen molar-refractivity contribution in [1.29, 1.82) is 0 Å². The lowest BCUT2D eigenvalue weighted by molar-refractivity contribution is -0.115. The monoisotopic (exact) mass is 382 g/mol. The molecule has 1 unspecified atom stereocenters. The van der Waals surface area contributed by atoms with Crippen LogP contribution in [0, 0.1) is 13.8 Å². The molecule has 7 nitrogen and oxygen atoms in total. The highest BCUT2D eigenvalue weighted by Crippen LogP contribution is 2.23. The molecule has 0 fully saturated rings. The number of thioether (sulfide) groups is 1. The quantitative estimate of drug-likeness (QED) is 0.638. The number of nitrogens with zero attached hydrogens (tertiary/aromatic N) is 4. The molecule has 1 amide bonds. The number of aromatic nitrogens is 5. The Morgan fingerprint density at radius 3 is 2.67 bits per heavy atom. The first-order valence-electron chi connectivity index (χ1n) is 8.57. The van der Waals surface area contributed by atoms with Crippen molar-refractivity contribution >= 4 is 35.5 Å². The van der Waals surface area contributed by atoms with Gasteiger partial charge >= 0.3 is 0 Å². The van der Waals surface area contributed by atoms with Crippen LogP contribution in [0.2, 0.25) is 0 Å². The first-order valence-corrected chi connectivity index (χ1v) is 9.45. The van der Waals surface area contributed by atoms with E-state index in [0.717, 1.165) is 22.6 Å². The largest absolute Gasteiger partial charge is 0.322 e. The number of nitrogens with one attached hydrogen (secondary N) is 2. The van der Waals surface area contributed by atoms with Gasteiger partial charge in [0.1, 0.15) is 5.82 Å². The number of carbonyl (C=O) groups excluding carboxylic acids is 1. The zero-order valence-electron chi connectivity index (χ0n) is 15.7. The van der Waals surface area contributed by atoms with E-state index in [1.54, 1.807) is 4.68 Å². The number of aromatic amines is 1. The van der Waals surface area contributed by atoms with Crippen molar-refractivity contribution in [2.24, 2.45) is 7.05 Å². The molecule has 0 aliphatic heterocycles. The van der Waals surface area contributed by atoms with E-state index in [0.29, 0.717) is 11.0 Å². The van der Waals surface area contributed by atoms with Crippen LogP contribution in [0.5, 0.6) is 0 Å². The lowest BCUT2D eigenvalue weighted by Crippen LogP contribution is -2.23. The number of amides is 1. The molecule has 8 heteroatoms. The highest BCUT2D eigenvalue weighted by atomic mass is 32.2. The molecule has 27 heavy (non-hydrogen) atoms. The summed E-state index contributed by atoms with van der Waals surface area (Å²) in [5, 5.41) is 14.5. The summed E-state index contributed by atoms with van der Waals surface area (Å²) in [5.41, 5.74) is 3.56. The van der Waals surface area contributed by atoms with Gasteiger partial charge in [-0.05, 0) is 32.4 Å². The van der Waals surface area contributed by atoms with Gasteiger partial charge in [0.05, 0.1) is 22.3 Å². The molecule has 3 rings (SSSR count). The maximum absolute atomic E-state index is 12.5. The van der Waals surface area contributed by atoms with Crippen LogP contribution in [-0.2, 0) is 11.8 Å². The van der Waals surface area contributed by atoms with E-state index in [1.165, 1.54) is 11.8 Å².